The summed E-state index contributed by atoms with van der Waals surface area (Å²) in [6.45, 7) is 1.87. The van der Waals surface area contributed by atoms with Crippen molar-refractivity contribution in [2.45, 2.75) is 43.2 Å². The number of carbonyl (C=O) groups is 2. The number of aliphatic hydroxyl groups is 1. The maximum absolute atomic E-state index is 14.6. The standard InChI is InChI=1S/C27H27F4N5O5/c1-24(32)12-41-25(2)17(24)10-18(35-21(25)13-4-6-15(28)7-5-13)26(39,27(29,30)31)11-33-22(38)16-8-14-9-19(37)36-20(14)23(34-16)40-3/h4-8,10,17,39H,9,11-12,32H2,1-3H3,(H,33,38)(H,36,37). The monoisotopic (exact) mass is 577 g/mol. The molecule has 5 N–H and O–H groups in total. The molecule has 10 nitrogen and oxygen atoms in total. The Labute approximate surface area is 231 Å². The highest BCUT2D eigenvalue weighted by molar-refractivity contribution is 6.08. The molecule has 4 unspecified atom stereocenters. The van der Waals surface area contributed by atoms with Gasteiger partial charge in [0.05, 0.1) is 38.1 Å². The Kier molecular flexibility index (Phi) is 6.71. The number of hydrogen-bond acceptors (Lipinski definition) is 8. The molecule has 5 rings (SSSR count). The van der Waals surface area contributed by atoms with Crippen LogP contribution in [0.1, 0.15) is 35.5 Å². The first-order valence-corrected chi connectivity index (χ1v) is 12.5. The van der Waals surface area contributed by atoms with E-state index in [0.29, 0.717) is 5.56 Å². The van der Waals surface area contributed by atoms with E-state index in [-0.39, 0.29) is 47.5 Å². The van der Waals surface area contributed by atoms with Crippen LogP contribution in [0.25, 0.3) is 0 Å². The number of ether oxygens (including phenoxy) is 2. The first-order valence-electron chi connectivity index (χ1n) is 12.5. The summed E-state index contributed by atoms with van der Waals surface area (Å²) in [5, 5.41) is 15.8. The van der Waals surface area contributed by atoms with Crippen molar-refractivity contribution >= 4 is 23.2 Å². The lowest BCUT2D eigenvalue weighted by Gasteiger charge is -2.41. The smallest absolute Gasteiger partial charge is 0.424 e. The number of halogens is 4. The lowest BCUT2D eigenvalue weighted by molar-refractivity contribution is -0.241. The summed E-state index contributed by atoms with van der Waals surface area (Å²) < 4.78 is 68.5. The Morgan fingerprint density at radius 1 is 1.29 bits per heavy atom. The van der Waals surface area contributed by atoms with Crippen LogP contribution >= 0.6 is 0 Å². The molecule has 218 valence electrons. The van der Waals surface area contributed by atoms with Gasteiger partial charge >= 0.3 is 6.18 Å². The van der Waals surface area contributed by atoms with Crippen LogP contribution in [0.4, 0.5) is 23.2 Å². The lowest BCUT2D eigenvalue weighted by Crippen LogP contribution is -2.58. The van der Waals surface area contributed by atoms with E-state index >= 15 is 0 Å². The number of fused-ring (bicyclic) bond motifs is 2. The molecule has 0 radical (unpaired) electrons. The van der Waals surface area contributed by atoms with Gasteiger partial charge in [-0.25, -0.2) is 9.37 Å². The zero-order valence-corrected chi connectivity index (χ0v) is 22.2. The van der Waals surface area contributed by atoms with Gasteiger partial charge < -0.3 is 30.9 Å². The first kappa shape index (κ1) is 28.6. The second-order valence-corrected chi connectivity index (χ2v) is 10.7. The highest BCUT2D eigenvalue weighted by Crippen LogP contribution is 2.48. The molecule has 3 aliphatic heterocycles. The van der Waals surface area contributed by atoms with Crippen LogP contribution in [0.5, 0.6) is 5.88 Å². The number of aromatic nitrogens is 1. The molecule has 2 aromatic rings. The van der Waals surface area contributed by atoms with E-state index in [2.05, 4.69) is 20.6 Å². The molecule has 1 aromatic carbocycles. The summed E-state index contributed by atoms with van der Waals surface area (Å²) in [6, 6.07) is 6.19. The van der Waals surface area contributed by atoms with Gasteiger partial charge in [-0.3, -0.25) is 14.6 Å². The summed E-state index contributed by atoms with van der Waals surface area (Å²) >= 11 is 0. The summed E-state index contributed by atoms with van der Waals surface area (Å²) in [5.74, 6) is -2.94. The SMILES string of the molecule is COc1nc(C(=O)NCC(O)(C2=CC3C(C)(N)COC3(C)C(c3ccc(F)cc3)=N2)C(F)(F)F)cc2c1NC(=O)C2. The summed E-state index contributed by atoms with van der Waals surface area (Å²) in [4.78, 5) is 32.9. The highest BCUT2D eigenvalue weighted by Gasteiger charge is 2.62. The molecule has 1 saturated heterocycles. The second kappa shape index (κ2) is 9.60. The maximum atomic E-state index is 14.6. The molecule has 1 fully saturated rings. The van der Waals surface area contributed by atoms with Crippen LogP contribution in [0.15, 0.2) is 47.1 Å². The van der Waals surface area contributed by atoms with Gasteiger partial charge in [0.2, 0.25) is 17.4 Å². The quantitative estimate of drug-likeness (QED) is 0.385. The number of rotatable bonds is 6. The normalized spacial score (nSPS) is 26.8. The third-order valence-electron chi connectivity index (χ3n) is 7.64. The van der Waals surface area contributed by atoms with Gasteiger partial charge in [0, 0.05) is 11.5 Å². The van der Waals surface area contributed by atoms with Crippen molar-refractivity contribution in [1.82, 2.24) is 10.3 Å². The number of aliphatic imine (C=N–C) groups is 1. The third-order valence-corrected chi connectivity index (χ3v) is 7.64. The third kappa shape index (κ3) is 4.75. The number of nitrogens with zero attached hydrogens (tertiary/aromatic N) is 2. The van der Waals surface area contributed by atoms with Crippen molar-refractivity contribution < 1.29 is 41.7 Å². The Morgan fingerprint density at radius 2 is 1.98 bits per heavy atom. The molecule has 3 aliphatic rings. The summed E-state index contributed by atoms with van der Waals surface area (Å²) in [6.07, 6.45) is -4.26. The number of methoxy groups -OCH3 is 1. The Morgan fingerprint density at radius 3 is 2.61 bits per heavy atom. The van der Waals surface area contributed by atoms with E-state index in [4.69, 9.17) is 15.2 Å². The molecular weight excluding hydrogens is 550 g/mol. The van der Waals surface area contributed by atoms with E-state index in [1.54, 1.807) is 13.8 Å². The largest absolute Gasteiger partial charge is 0.479 e. The molecule has 0 aliphatic carbocycles. The number of anilines is 1. The van der Waals surface area contributed by atoms with E-state index < -0.39 is 52.8 Å². The first-order chi connectivity index (χ1) is 19.1. The maximum Gasteiger partial charge on any atom is 0.424 e. The van der Waals surface area contributed by atoms with Gasteiger partial charge in [0.1, 0.15) is 22.8 Å². The van der Waals surface area contributed by atoms with Crippen LogP contribution in [0.3, 0.4) is 0 Å². The molecule has 4 heterocycles. The number of hydrogen-bond donors (Lipinski definition) is 4. The topological polar surface area (TPSA) is 148 Å². The van der Waals surface area contributed by atoms with Gasteiger partial charge in [0.15, 0.2) is 0 Å². The van der Waals surface area contributed by atoms with E-state index in [1.165, 1.54) is 25.3 Å². The van der Waals surface area contributed by atoms with E-state index in [0.717, 1.165) is 18.2 Å². The number of carbonyl (C=O) groups excluding carboxylic acids is 2. The van der Waals surface area contributed by atoms with Crippen LogP contribution in [-0.4, -0.2) is 70.8 Å². The zero-order valence-electron chi connectivity index (χ0n) is 22.2. The van der Waals surface area contributed by atoms with Gasteiger partial charge in [-0.1, -0.05) is 18.2 Å². The average molecular weight is 578 g/mol. The minimum atomic E-state index is -5.30. The van der Waals surface area contributed by atoms with Gasteiger partial charge in [-0.15, -0.1) is 0 Å². The molecule has 4 atom stereocenters. The van der Waals surface area contributed by atoms with Crippen LogP contribution in [0, 0.1) is 11.7 Å². The fourth-order valence-electron chi connectivity index (χ4n) is 5.40. The van der Waals surface area contributed by atoms with E-state index in [1.807, 2.05) is 0 Å². The summed E-state index contributed by atoms with van der Waals surface area (Å²) in [7, 11) is 1.26. The Bertz CT molecular complexity index is 1490. The van der Waals surface area contributed by atoms with Crippen molar-refractivity contribution in [3.8, 4) is 5.88 Å². The Hall–Kier alpha value is -3.88. The van der Waals surface area contributed by atoms with Crippen molar-refractivity contribution in [3.63, 3.8) is 0 Å². The Balaban J connectivity index is 1.52. The van der Waals surface area contributed by atoms with Crippen molar-refractivity contribution in [1.29, 1.82) is 0 Å². The number of benzene rings is 1. The fraction of sp³-hybridized carbons (Fsp3) is 0.407. The average Bonchev–Trinajstić information content (AvgIpc) is 3.41. The second-order valence-electron chi connectivity index (χ2n) is 10.7. The van der Waals surface area contributed by atoms with Gasteiger partial charge in [0.25, 0.3) is 5.91 Å². The van der Waals surface area contributed by atoms with Crippen molar-refractivity contribution in [2.75, 3.05) is 25.6 Å². The summed E-state index contributed by atoms with van der Waals surface area (Å²) in [5.41, 5.74) is 0.138. The molecule has 2 amide bonds. The number of nitrogens with one attached hydrogen (secondary N) is 2. The van der Waals surface area contributed by atoms with Crippen LogP contribution < -0.4 is 21.1 Å². The molecule has 14 heteroatoms. The van der Waals surface area contributed by atoms with Gasteiger partial charge in [-0.2, -0.15) is 13.2 Å². The van der Waals surface area contributed by atoms with Crippen LogP contribution in [-0.2, 0) is 16.0 Å². The minimum Gasteiger partial charge on any atom is -0.479 e. The predicted molar refractivity (Wildman–Crippen MR) is 138 cm³/mol. The molecule has 0 bridgehead atoms. The molecule has 41 heavy (non-hydrogen) atoms. The lowest BCUT2D eigenvalue weighted by atomic mass is 9.71. The van der Waals surface area contributed by atoms with E-state index in [9.17, 15) is 32.3 Å². The number of amides is 2. The predicted octanol–water partition coefficient (Wildman–Crippen LogP) is 2.26. The van der Waals surface area contributed by atoms with Crippen molar-refractivity contribution in [2.24, 2.45) is 16.6 Å². The minimum absolute atomic E-state index is 0.0189. The highest BCUT2D eigenvalue weighted by atomic mass is 19.4. The molecule has 1 aromatic heterocycles. The number of pyridine rings is 1. The molecule has 0 saturated carbocycles. The van der Waals surface area contributed by atoms with Gasteiger partial charge in [-0.05, 0) is 43.2 Å². The zero-order chi connectivity index (χ0) is 30.0. The molecule has 0 spiro atoms. The number of nitrogens with two attached hydrogens (primary N) is 1. The number of alkyl halides is 3. The fourth-order valence-corrected chi connectivity index (χ4v) is 5.40. The van der Waals surface area contributed by atoms with Crippen molar-refractivity contribution in [3.05, 3.63) is 64.7 Å². The van der Waals surface area contributed by atoms with Crippen LogP contribution in [0.2, 0.25) is 0 Å². The molecular formula is C27H27F4N5O5.